The van der Waals surface area contributed by atoms with E-state index in [4.69, 9.17) is 0 Å². The fraction of sp³-hybridized carbons (Fsp3) is 0.250. The Morgan fingerprint density at radius 3 is 2.15 bits per heavy atom. The van der Waals surface area contributed by atoms with Gasteiger partial charge in [0.1, 0.15) is 11.4 Å². The second kappa shape index (κ2) is 6.66. The van der Waals surface area contributed by atoms with Gasteiger partial charge in [0.2, 0.25) is 0 Å². The van der Waals surface area contributed by atoms with Crippen LogP contribution < -0.4 is 4.57 Å². The number of aryl methyl sites for hydroxylation is 3. The number of carbonyl (C=O) groups is 2. The van der Waals surface area contributed by atoms with Gasteiger partial charge in [0.15, 0.2) is 5.01 Å². The number of benzene rings is 1. The number of amides is 2. The summed E-state index contributed by atoms with van der Waals surface area (Å²) in [4.78, 5) is 26.2. The molecule has 1 aromatic carbocycles. The lowest BCUT2D eigenvalue weighted by atomic mass is 10.1. The Morgan fingerprint density at radius 1 is 0.963 bits per heavy atom. The third-order valence-electron chi connectivity index (χ3n) is 4.65. The molecule has 7 heteroatoms. The summed E-state index contributed by atoms with van der Waals surface area (Å²) in [5, 5.41) is 10.2. The van der Waals surface area contributed by atoms with Crippen molar-refractivity contribution in [2.24, 2.45) is 0 Å². The van der Waals surface area contributed by atoms with Gasteiger partial charge in [-0.2, -0.15) is 4.57 Å². The van der Waals surface area contributed by atoms with Crippen LogP contribution in [0.2, 0.25) is 0 Å². The maximum Gasteiger partial charge on any atom is 0.415 e. The van der Waals surface area contributed by atoms with Crippen molar-refractivity contribution in [2.45, 2.75) is 27.2 Å². The highest BCUT2D eigenvalue weighted by Crippen LogP contribution is 2.23. The molecule has 4 rings (SSSR count). The van der Waals surface area contributed by atoms with E-state index < -0.39 is 0 Å². The highest BCUT2D eigenvalue weighted by Gasteiger charge is 2.35. The molecule has 136 valence electrons. The van der Waals surface area contributed by atoms with E-state index >= 15 is 0 Å². The summed E-state index contributed by atoms with van der Waals surface area (Å²) in [6, 6.07) is 11.1. The number of carbonyl (C=O) groups excluding carboxylic acids is 2. The molecule has 0 radical (unpaired) electrons. The maximum atomic E-state index is 12.4. The number of imide groups is 1. The fourth-order valence-corrected chi connectivity index (χ4v) is 4.44. The van der Waals surface area contributed by atoms with E-state index in [1.165, 1.54) is 21.8 Å². The van der Waals surface area contributed by atoms with Gasteiger partial charge in [0.05, 0.1) is 16.2 Å². The number of rotatable bonds is 4. The van der Waals surface area contributed by atoms with Crippen LogP contribution in [0.25, 0.3) is 5.13 Å². The van der Waals surface area contributed by atoms with Gasteiger partial charge < -0.3 is 0 Å². The first kappa shape index (κ1) is 17.5. The first-order valence-electron chi connectivity index (χ1n) is 8.73. The van der Waals surface area contributed by atoms with Crippen LogP contribution in [0.15, 0.2) is 36.4 Å². The van der Waals surface area contributed by atoms with E-state index in [0.29, 0.717) is 24.1 Å². The number of aromatic nitrogens is 3. The van der Waals surface area contributed by atoms with Crippen molar-refractivity contribution in [3.8, 4) is 5.13 Å². The molecule has 1 aliphatic heterocycles. The van der Waals surface area contributed by atoms with Crippen LogP contribution in [0, 0.1) is 20.8 Å². The summed E-state index contributed by atoms with van der Waals surface area (Å²) in [7, 11) is 0. The first-order chi connectivity index (χ1) is 13.0. The van der Waals surface area contributed by atoms with Gasteiger partial charge in [-0.3, -0.25) is 14.5 Å². The van der Waals surface area contributed by atoms with Crippen LogP contribution in [-0.4, -0.2) is 33.5 Å². The average molecular weight is 379 g/mol. The van der Waals surface area contributed by atoms with E-state index in [2.05, 4.69) is 33.8 Å². The molecule has 2 aromatic heterocycles. The molecule has 6 nitrogen and oxygen atoms in total. The molecule has 0 bridgehead atoms. The van der Waals surface area contributed by atoms with E-state index in [9.17, 15) is 9.59 Å². The molecule has 0 spiro atoms. The summed E-state index contributed by atoms with van der Waals surface area (Å²) >= 11 is 1.48. The molecule has 3 aromatic rings. The molecule has 0 unspecified atom stereocenters. The minimum Gasteiger partial charge on any atom is -0.274 e. The van der Waals surface area contributed by atoms with E-state index in [1.807, 2.05) is 13.8 Å². The smallest absolute Gasteiger partial charge is 0.274 e. The predicted molar refractivity (Wildman–Crippen MR) is 101 cm³/mol. The van der Waals surface area contributed by atoms with Crippen LogP contribution in [0.5, 0.6) is 0 Å². The van der Waals surface area contributed by atoms with Crippen LogP contribution in [0.1, 0.15) is 42.7 Å². The number of nitrogens with zero attached hydrogens (tertiary/aromatic N) is 4. The van der Waals surface area contributed by atoms with Gasteiger partial charge in [0.25, 0.3) is 11.8 Å². The Balaban J connectivity index is 1.52. The molecule has 0 fully saturated rings. The second-order valence-corrected chi connectivity index (χ2v) is 7.73. The third-order valence-corrected chi connectivity index (χ3v) is 5.62. The standard InChI is InChI=1S/C20H19N4O2S/c1-12-10-13(2)24(14(3)11-12)20-22-21-17(27-20)8-9-23-18(25)15-6-4-5-7-16(15)19(23)26/h4-7,10-11H,8-9H2,1-3H3/q+1. The van der Waals surface area contributed by atoms with Crippen molar-refractivity contribution < 1.29 is 14.2 Å². The second-order valence-electron chi connectivity index (χ2n) is 6.69. The van der Waals surface area contributed by atoms with Gasteiger partial charge in [-0.25, -0.2) is 0 Å². The van der Waals surface area contributed by atoms with Gasteiger partial charge in [-0.15, -0.1) is 0 Å². The van der Waals surface area contributed by atoms with Crippen molar-refractivity contribution in [3.63, 3.8) is 0 Å². The van der Waals surface area contributed by atoms with Crippen molar-refractivity contribution in [3.05, 3.63) is 69.5 Å². The predicted octanol–water partition coefficient (Wildman–Crippen LogP) is 2.58. The zero-order valence-electron chi connectivity index (χ0n) is 15.4. The lowest BCUT2D eigenvalue weighted by Gasteiger charge is -2.11. The monoisotopic (exact) mass is 379 g/mol. The number of pyridine rings is 1. The Bertz CT molecular complexity index is 1020. The van der Waals surface area contributed by atoms with Gasteiger partial charge in [0, 0.05) is 13.0 Å². The normalized spacial score (nSPS) is 13.4. The molecule has 0 saturated heterocycles. The minimum atomic E-state index is -0.236. The van der Waals surface area contributed by atoms with Crippen molar-refractivity contribution in [1.82, 2.24) is 15.1 Å². The molecule has 0 saturated carbocycles. The molecule has 1 aliphatic rings. The number of hydrogen-bond acceptors (Lipinski definition) is 5. The Morgan fingerprint density at radius 2 is 1.56 bits per heavy atom. The van der Waals surface area contributed by atoms with E-state index in [-0.39, 0.29) is 11.8 Å². The summed E-state index contributed by atoms with van der Waals surface area (Å²) in [6.07, 6.45) is 0.494. The summed E-state index contributed by atoms with van der Waals surface area (Å²) < 4.78 is 2.07. The van der Waals surface area contributed by atoms with E-state index in [0.717, 1.165) is 21.5 Å². The largest absolute Gasteiger partial charge is 0.415 e. The first-order valence-corrected chi connectivity index (χ1v) is 9.55. The summed E-state index contributed by atoms with van der Waals surface area (Å²) in [5.41, 5.74) is 4.34. The molecule has 0 aliphatic carbocycles. The average Bonchev–Trinajstić information content (AvgIpc) is 3.17. The Hall–Kier alpha value is -2.93. The highest BCUT2D eigenvalue weighted by atomic mass is 32.1. The van der Waals surface area contributed by atoms with Crippen LogP contribution in [0.4, 0.5) is 0 Å². The van der Waals surface area contributed by atoms with Gasteiger partial charge in [-0.05, 0) is 67.0 Å². The highest BCUT2D eigenvalue weighted by molar-refractivity contribution is 7.13. The maximum absolute atomic E-state index is 12.4. The minimum absolute atomic E-state index is 0.236. The third kappa shape index (κ3) is 3.04. The number of hydrogen-bond donors (Lipinski definition) is 0. The van der Waals surface area contributed by atoms with Crippen LogP contribution in [-0.2, 0) is 6.42 Å². The van der Waals surface area contributed by atoms with Crippen molar-refractivity contribution in [2.75, 3.05) is 6.54 Å². The Kier molecular flexibility index (Phi) is 4.31. The molecule has 0 atom stereocenters. The van der Waals surface area contributed by atoms with Crippen LogP contribution >= 0.6 is 11.3 Å². The topological polar surface area (TPSA) is 67.0 Å². The lowest BCUT2D eigenvalue weighted by molar-refractivity contribution is -0.609. The van der Waals surface area contributed by atoms with E-state index in [1.54, 1.807) is 24.3 Å². The summed E-state index contributed by atoms with van der Waals surface area (Å²) in [6.45, 7) is 6.45. The molecule has 0 N–H and O–H groups in total. The number of fused-ring (bicyclic) bond motifs is 1. The molecular weight excluding hydrogens is 360 g/mol. The zero-order chi connectivity index (χ0) is 19.1. The quantitative estimate of drug-likeness (QED) is 0.516. The van der Waals surface area contributed by atoms with Gasteiger partial charge in [-0.1, -0.05) is 12.1 Å². The lowest BCUT2D eigenvalue weighted by Crippen LogP contribution is -2.37. The van der Waals surface area contributed by atoms with Gasteiger partial charge >= 0.3 is 5.13 Å². The molecule has 27 heavy (non-hydrogen) atoms. The Labute approximate surface area is 161 Å². The van der Waals surface area contributed by atoms with Crippen molar-refractivity contribution >= 4 is 23.2 Å². The fourth-order valence-electron chi connectivity index (χ4n) is 3.50. The molecular formula is C20H19N4O2S+. The van der Waals surface area contributed by atoms with Crippen molar-refractivity contribution in [1.29, 1.82) is 0 Å². The zero-order valence-corrected chi connectivity index (χ0v) is 16.2. The molecule has 3 heterocycles. The van der Waals surface area contributed by atoms with Crippen LogP contribution in [0.3, 0.4) is 0 Å². The SMILES string of the molecule is Cc1cc(C)[n+](-c2nnc(CCN3C(=O)c4ccccc4C3=O)s2)c(C)c1. The summed E-state index contributed by atoms with van der Waals surface area (Å²) in [5.74, 6) is -0.472. The molecule has 2 amide bonds.